The van der Waals surface area contributed by atoms with Crippen LogP contribution < -0.4 is 5.32 Å². The summed E-state index contributed by atoms with van der Waals surface area (Å²) in [4.78, 5) is 26.5. The lowest BCUT2D eigenvalue weighted by molar-refractivity contribution is -0.141. The molecule has 4 aromatic rings. The number of anilines is 1. The monoisotopic (exact) mass is 387 g/mol. The Bertz CT molecular complexity index is 1180. The predicted octanol–water partition coefficient (Wildman–Crippen LogP) is 3.02. The number of hydrogen-bond acceptors (Lipinski definition) is 5. The Morgan fingerprint density at radius 2 is 1.96 bits per heavy atom. The maximum atomic E-state index is 12.8. The molecule has 0 saturated heterocycles. The molecule has 0 radical (unpaired) electrons. The Kier molecular flexibility index (Phi) is 4.06. The summed E-state index contributed by atoms with van der Waals surface area (Å²) < 4.78 is 40.0. The van der Waals surface area contributed by atoms with Crippen LogP contribution in [0.15, 0.2) is 43.1 Å². The standard InChI is InChI=1S/C17H12F3N7O/c1-27-7-10(6-24-27)16(28)26-15-4-11-9(5-21-15)2-13(25-11)12-3-14(17(18,19)20)23-8-22-12/h2-8,25H,1H3,(H,21,26,28). The number of hydrogen-bond donors (Lipinski definition) is 2. The second-order valence-electron chi connectivity index (χ2n) is 5.98. The summed E-state index contributed by atoms with van der Waals surface area (Å²) in [5.41, 5.74) is 0.398. The number of nitrogens with zero attached hydrogens (tertiary/aromatic N) is 5. The summed E-state index contributed by atoms with van der Waals surface area (Å²) in [7, 11) is 1.69. The van der Waals surface area contributed by atoms with Crippen LogP contribution in [0.3, 0.4) is 0 Å². The summed E-state index contributed by atoms with van der Waals surface area (Å²) in [6, 6.07) is 4.07. The van der Waals surface area contributed by atoms with Crippen LogP contribution in [-0.2, 0) is 13.2 Å². The Balaban J connectivity index is 1.63. The highest BCUT2D eigenvalue weighted by molar-refractivity contribution is 6.04. The number of aromatic nitrogens is 6. The Hall–Kier alpha value is -3.76. The largest absolute Gasteiger partial charge is 0.433 e. The van der Waals surface area contributed by atoms with Crippen molar-refractivity contribution in [2.45, 2.75) is 6.18 Å². The van der Waals surface area contributed by atoms with Crippen LogP contribution in [0.5, 0.6) is 0 Å². The highest BCUT2D eigenvalue weighted by Gasteiger charge is 2.33. The summed E-state index contributed by atoms with van der Waals surface area (Å²) in [6.07, 6.45) is 0.790. The van der Waals surface area contributed by atoms with Crippen LogP contribution in [0.1, 0.15) is 16.1 Å². The number of amides is 1. The number of aryl methyl sites for hydroxylation is 1. The van der Waals surface area contributed by atoms with Crippen molar-refractivity contribution in [1.82, 2.24) is 29.7 Å². The van der Waals surface area contributed by atoms with Crippen molar-refractivity contribution in [3.63, 3.8) is 0 Å². The van der Waals surface area contributed by atoms with E-state index < -0.39 is 11.9 Å². The van der Waals surface area contributed by atoms with Gasteiger partial charge in [0.15, 0.2) is 0 Å². The van der Waals surface area contributed by atoms with Gasteiger partial charge in [0.05, 0.1) is 28.7 Å². The van der Waals surface area contributed by atoms with E-state index in [2.05, 4.69) is 30.4 Å². The van der Waals surface area contributed by atoms with Gasteiger partial charge < -0.3 is 10.3 Å². The van der Waals surface area contributed by atoms with Crippen LogP contribution in [-0.4, -0.2) is 35.6 Å². The van der Waals surface area contributed by atoms with E-state index in [9.17, 15) is 18.0 Å². The van der Waals surface area contributed by atoms with E-state index in [-0.39, 0.29) is 17.4 Å². The fourth-order valence-electron chi connectivity index (χ4n) is 2.62. The number of halogens is 3. The van der Waals surface area contributed by atoms with Crippen molar-refractivity contribution in [2.75, 3.05) is 5.32 Å². The number of carbonyl (C=O) groups is 1. The van der Waals surface area contributed by atoms with Gasteiger partial charge in [-0.3, -0.25) is 9.48 Å². The van der Waals surface area contributed by atoms with Crippen molar-refractivity contribution in [2.24, 2.45) is 7.05 Å². The molecular weight excluding hydrogens is 375 g/mol. The summed E-state index contributed by atoms with van der Waals surface area (Å²) in [6.45, 7) is 0. The van der Waals surface area contributed by atoms with E-state index in [0.717, 1.165) is 12.4 Å². The molecule has 0 saturated carbocycles. The second-order valence-corrected chi connectivity index (χ2v) is 5.98. The van der Waals surface area contributed by atoms with Gasteiger partial charge in [0.2, 0.25) is 0 Å². The molecule has 0 aliphatic carbocycles. The molecule has 1 amide bonds. The van der Waals surface area contributed by atoms with Crippen LogP contribution in [0.25, 0.3) is 22.3 Å². The third kappa shape index (κ3) is 3.41. The molecule has 11 heteroatoms. The fourth-order valence-corrected chi connectivity index (χ4v) is 2.62. The van der Waals surface area contributed by atoms with Gasteiger partial charge in [-0.1, -0.05) is 0 Å². The average molecular weight is 387 g/mol. The number of alkyl halides is 3. The van der Waals surface area contributed by atoms with Gasteiger partial charge in [-0.15, -0.1) is 0 Å². The third-order valence-corrected chi connectivity index (χ3v) is 3.95. The molecule has 8 nitrogen and oxygen atoms in total. The maximum Gasteiger partial charge on any atom is 0.433 e. The highest BCUT2D eigenvalue weighted by atomic mass is 19.4. The molecule has 0 fully saturated rings. The average Bonchev–Trinajstić information content (AvgIpc) is 3.27. The molecule has 4 aromatic heterocycles. The molecule has 0 aliphatic rings. The van der Waals surface area contributed by atoms with Crippen LogP contribution in [0.2, 0.25) is 0 Å². The quantitative estimate of drug-likeness (QED) is 0.563. The van der Waals surface area contributed by atoms with E-state index >= 15 is 0 Å². The van der Waals surface area contributed by atoms with Crippen molar-refractivity contribution >= 4 is 22.6 Å². The molecule has 0 aliphatic heterocycles. The van der Waals surface area contributed by atoms with Crippen molar-refractivity contribution < 1.29 is 18.0 Å². The van der Waals surface area contributed by atoms with Crippen LogP contribution >= 0.6 is 0 Å². The van der Waals surface area contributed by atoms with Crippen LogP contribution in [0.4, 0.5) is 19.0 Å². The van der Waals surface area contributed by atoms with Crippen molar-refractivity contribution in [3.05, 3.63) is 54.4 Å². The number of rotatable bonds is 3. The van der Waals surface area contributed by atoms with Gasteiger partial charge in [-0.05, 0) is 12.1 Å². The molecule has 4 rings (SSSR count). The van der Waals surface area contributed by atoms with E-state index in [1.54, 1.807) is 25.4 Å². The number of nitrogens with one attached hydrogen (secondary N) is 2. The normalized spacial score (nSPS) is 11.7. The summed E-state index contributed by atoms with van der Waals surface area (Å²) in [5.74, 6) is -0.0919. The first-order chi connectivity index (χ1) is 13.3. The molecule has 0 spiro atoms. The smallest absolute Gasteiger partial charge is 0.353 e. The van der Waals surface area contributed by atoms with E-state index in [4.69, 9.17) is 0 Å². The van der Waals surface area contributed by atoms with Gasteiger partial charge in [-0.2, -0.15) is 18.3 Å². The zero-order valence-electron chi connectivity index (χ0n) is 14.3. The van der Waals surface area contributed by atoms with Gasteiger partial charge in [0, 0.05) is 30.9 Å². The first-order valence-corrected chi connectivity index (χ1v) is 7.98. The number of fused-ring (bicyclic) bond motifs is 1. The second kappa shape index (κ2) is 6.44. The van der Waals surface area contributed by atoms with Crippen molar-refractivity contribution in [1.29, 1.82) is 0 Å². The number of pyridine rings is 1. The molecular formula is C17H12F3N7O. The molecule has 0 aromatic carbocycles. The Morgan fingerprint density at radius 1 is 1.14 bits per heavy atom. The SMILES string of the molecule is Cn1cc(C(=O)Nc2cc3[nH]c(-c4cc(C(F)(F)F)ncn4)cc3cn2)cn1. The zero-order valence-corrected chi connectivity index (χ0v) is 14.3. The summed E-state index contributed by atoms with van der Waals surface area (Å²) >= 11 is 0. The van der Waals surface area contributed by atoms with E-state index in [1.165, 1.54) is 17.1 Å². The minimum absolute atomic E-state index is 0.0967. The van der Waals surface area contributed by atoms with E-state index in [1.807, 2.05) is 0 Å². The molecule has 28 heavy (non-hydrogen) atoms. The number of aromatic amines is 1. The predicted molar refractivity (Wildman–Crippen MR) is 93.3 cm³/mol. The molecule has 0 atom stereocenters. The molecule has 4 heterocycles. The first-order valence-electron chi connectivity index (χ1n) is 7.98. The number of carbonyl (C=O) groups excluding carboxylic acids is 1. The van der Waals surface area contributed by atoms with E-state index in [0.29, 0.717) is 22.2 Å². The van der Waals surface area contributed by atoms with Gasteiger partial charge in [0.25, 0.3) is 5.91 Å². The first kappa shape index (κ1) is 17.6. The van der Waals surface area contributed by atoms with Gasteiger partial charge in [-0.25, -0.2) is 15.0 Å². The molecule has 0 bridgehead atoms. The lowest BCUT2D eigenvalue weighted by atomic mass is 10.2. The zero-order chi connectivity index (χ0) is 19.9. The maximum absolute atomic E-state index is 12.8. The van der Waals surface area contributed by atoms with Crippen LogP contribution in [0, 0.1) is 0 Å². The minimum Gasteiger partial charge on any atom is -0.353 e. The topological polar surface area (TPSA) is 101 Å². The Labute approximate surface area is 155 Å². The molecule has 2 N–H and O–H groups in total. The van der Waals surface area contributed by atoms with Crippen molar-refractivity contribution in [3.8, 4) is 11.4 Å². The minimum atomic E-state index is -4.56. The summed E-state index contributed by atoms with van der Waals surface area (Å²) in [5, 5.41) is 7.23. The Morgan fingerprint density at radius 3 is 2.68 bits per heavy atom. The lowest BCUT2D eigenvalue weighted by Crippen LogP contribution is -2.12. The lowest BCUT2D eigenvalue weighted by Gasteiger charge is -2.05. The third-order valence-electron chi connectivity index (χ3n) is 3.95. The molecule has 142 valence electrons. The van der Waals surface area contributed by atoms with Gasteiger partial charge in [0.1, 0.15) is 17.8 Å². The van der Waals surface area contributed by atoms with Gasteiger partial charge >= 0.3 is 6.18 Å². The number of H-pyrrole nitrogens is 1. The fraction of sp³-hybridized carbons (Fsp3) is 0.118. The highest BCUT2D eigenvalue weighted by Crippen LogP contribution is 2.30. The molecule has 0 unspecified atom stereocenters.